The van der Waals surface area contributed by atoms with E-state index >= 15 is 0 Å². The molecular weight excluding hydrogens is 152 g/mol. The van der Waals surface area contributed by atoms with Gasteiger partial charge in [0, 0.05) is 5.92 Å². The molecule has 1 atom stereocenters. The van der Waals surface area contributed by atoms with Gasteiger partial charge in [0.1, 0.15) is 12.0 Å². The first-order valence-electron chi connectivity index (χ1n) is 4.02. The largest absolute Gasteiger partial charge is 0.508 e. The van der Waals surface area contributed by atoms with Gasteiger partial charge in [-0.3, -0.25) is 0 Å². The number of hydrogen-bond donors (Lipinski definition) is 1. The van der Waals surface area contributed by atoms with Crippen molar-refractivity contribution in [3.8, 4) is 5.75 Å². The average molecular weight is 164 g/mol. The molecule has 0 saturated heterocycles. The number of hydrogen-bond acceptors (Lipinski definition) is 2. The summed E-state index contributed by atoms with van der Waals surface area (Å²) < 4.78 is 0. The Morgan fingerprint density at radius 2 is 2.33 bits per heavy atom. The number of aromatic hydroxyl groups is 1. The molecule has 1 rings (SSSR count). The van der Waals surface area contributed by atoms with Crippen molar-refractivity contribution in [1.82, 2.24) is 0 Å². The van der Waals surface area contributed by atoms with E-state index in [0.717, 1.165) is 18.3 Å². The standard InChI is InChI=1S/C10H12O2/c1-2-8(7-11)9-4-3-5-10(12)6-9/h3-8,12H,2H2,1H3. The van der Waals surface area contributed by atoms with E-state index in [4.69, 9.17) is 5.11 Å². The molecule has 0 heterocycles. The molecule has 0 fully saturated rings. The number of phenolic OH excluding ortho intramolecular Hbond substituents is 1. The Balaban J connectivity index is 2.93. The van der Waals surface area contributed by atoms with E-state index < -0.39 is 0 Å². The number of phenols is 1. The van der Waals surface area contributed by atoms with Crippen LogP contribution in [0, 0.1) is 0 Å². The van der Waals surface area contributed by atoms with Gasteiger partial charge in [-0.2, -0.15) is 0 Å². The molecule has 0 bridgehead atoms. The fraction of sp³-hybridized carbons (Fsp3) is 0.300. The minimum Gasteiger partial charge on any atom is -0.508 e. The van der Waals surface area contributed by atoms with Crippen molar-refractivity contribution in [3.05, 3.63) is 29.8 Å². The summed E-state index contributed by atoms with van der Waals surface area (Å²) in [5.41, 5.74) is 0.882. The zero-order valence-electron chi connectivity index (χ0n) is 7.03. The fourth-order valence-electron chi connectivity index (χ4n) is 1.17. The van der Waals surface area contributed by atoms with E-state index in [2.05, 4.69) is 0 Å². The SMILES string of the molecule is CCC(C=O)c1cccc(O)c1. The quantitative estimate of drug-likeness (QED) is 0.694. The maximum atomic E-state index is 10.6. The number of carbonyl (C=O) groups is 1. The molecule has 0 aliphatic heterocycles. The zero-order chi connectivity index (χ0) is 8.97. The second-order valence-corrected chi connectivity index (χ2v) is 2.75. The third-order valence-electron chi connectivity index (χ3n) is 1.90. The molecule has 0 aliphatic rings. The van der Waals surface area contributed by atoms with Gasteiger partial charge in [0.25, 0.3) is 0 Å². The monoisotopic (exact) mass is 164 g/mol. The van der Waals surface area contributed by atoms with Crippen molar-refractivity contribution >= 4 is 6.29 Å². The van der Waals surface area contributed by atoms with Gasteiger partial charge in [0.2, 0.25) is 0 Å². The lowest BCUT2D eigenvalue weighted by molar-refractivity contribution is -0.109. The van der Waals surface area contributed by atoms with Gasteiger partial charge in [-0.05, 0) is 24.1 Å². The summed E-state index contributed by atoms with van der Waals surface area (Å²) in [5, 5.41) is 9.14. The van der Waals surface area contributed by atoms with Crippen LogP contribution >= 0.6 is 0 Å². The summed E-state index contributed by atoms with van der Waals surface area (Å²) >= 11 is 0. The molecule has 64 valence electrons. The van der Waals surface area contributed by atoms with Crippen LogP contribution in [-0.4, -0.2) is 11.4 Å². The third-order valence-corrected chi connectivity index (χ3v) is 1.90. The summed E-state index contributed by atoms with van der Waals surface area (Å²) in [5.74, 6) is 0.130. The molecule has 1 aromatic carbocycles. The van der Waals surface area contributed by atoms with E-state index in [-0.39, 0.29) is 11.7 Å². The van der Waals surface area contributed by atoms with Gasteiger partial charge in [0.05, 0.1) is 0 Å². The molecule has 0 aliphatic carbocycles. The molecule has 2 heteroatoms. The summed E-state index contributed by atoms with van der Waals surface area (Å²) in [6.07, 6.45) is 1.68. The minimum absolute atomic E-state index is 0.0860. The molecule has 1 aromatic rings. The fourth-order valence-corrected chi connectivity index (χ4v) is 1.17. The van der Waals surface area contributed by atoms with Crippen LogP contribution in [0.1, 0.15) is 24.8 Å². The van der Waals surface area contributed by atoms with E-state index in [0.29, 0.717) is 0 Å². The number of rotatable bonds is 3. The summed E-state index contributed by atoms with van der Waals surface area (Å²) in [4.78, 5) is 10.6. The van der Waals surface area contributed by atoms with E-state index in [9.17, 15) is 4.79 Å². The maximum Gasteiger partial charge on any atom is 0.127 e. The van der Waals surface area contributed by atoms with Gasteiger partial charge >= 0.3 is 0 Å². The van der Waals surface area contributed by atoms with Gasteiger partial charge in [-0.15, -0.1) is 0 Å². The number of aldehydes is 1. The van der Waals surface area contributed by atoms with E-state index in [1.54, 1.807) is 18.2 Å². The predicted molar refractivity (Wildman–Crippen MR) is 47.2 cm³/mol. The van der Waals surface area contributed by atoms with Crippen molar-refractivity contribution < 1.29 is 9.90 Å². The first-order valence-corrected chi connectivity index (χ1v) is 4.02. The van der Waals surface area contributed by atoms with Crippen LogP contribution in [0.2, 0.25) is 0 Å². The van der Waals surface area contributed by atoms with Crippen LogP contribution in [0.25, 0.3) is 0 Å². The van der Waals surface area contributed by atoms with E-state index in [1.807, 2.05) is 13.0 Å². The molecule has 0 amide bonds. The molecule has 0 aromatic heterocycles. The highest BCUT2D eigenvalue weighted by atomic mass is 16.3. The van der Waals surface area contributed by atoms with Crippen LogP contribution in [0.3, 0.4) is 0 Å². The Kier molecular flexibility index (Phi) is 2.86. The van der Waals surface area contributed by atoms with Gasteiger partial charge < -0.3 is 9.90 Å². The lowest BCUT2D eigenvalue weighted by atomic mass is 9.98. The second-order valence-electron chi connectivity index (χ2n) is 2.75. The molecule has 1 N–H and O–H groups in total. The highest BCUT2D eigenvalue weighted by molar-refractivity contribution is 5.62. The molecule has 0 radical (unpaired) electrons. The van der Waals surface area contributed by atoms with Crippen molar-refractivity contribution in [3.63, 3.8) is 0 Å². The minimum atomic E-state index is -0.0860. The van der Waals surface area contributed by atoms with Crippen molar-refractivity contribution in [2.75, 3.05) is 0 Å². The number of carbonyl (C=O) groups excluding carboxylic acids is 1. The van der Waals surface area contributed by atoms with Crippen molar-refractivity contribution in [2.24, 2.45) is 0 Å². The first-order chi connectivity index (χ1) is 5.77. The molecule has 1 unspecified atom stereocenters. The molecule has 0 spiro atoms. The molecule has 0 saturated carbocycles. The van der Waals surface area contributed by atoms with Crippen LogP contribution in [-0.2, 0) is 4.79 Å². The molecule has 12 heavy (non-hydrogen) atoms. The Morgan fingerprint density at radius 1 is 1.58 bits per heavy atom. The lowest BCUT2D eigenvalue weighted by Crippen LogP contribution is -1.97. The summed E-state index contributed by atoms with van der Waals surface area (Å²) in [7, 11) is 0. The molecule has 2 nitrogen and oxygen atoms in total. The summed E-state index contributed by atoms with van der Waals surface area (Å²) in [6, 6.07) is 6.82. The zero-order valence-corrected chi connectivity index (χ0v) is 7.03. The first kappa shape index (κ1) is 8.78. The Labute approximate surface area is 71.8 Å². The highest BCUT2D eigenvalue weighted by Gasteiger charge is 2.07. The topological polar surface area (TPSA) is 37.3 Å². The normalized spacial score (nSPS) is 12.4. The number of benzene rings is 1. The van der Waals surface area contributed by atoms with Crippen LogP contribution < -0.4 is 0 Å². The third kappa shape index (κ3) is 1.84. The lowest BCUT2D eigenvalue weighted by Gasteiger charge is -2.06. The van der Waals surface area contributed by atoms with Gasteiger partial charge in [-0.1, -0.05) is 19.1 Å². The Morgan fingerprint density at radius 3 is 2.83 bits per heavy atom. The van der Waals surface area contributed by atoms with Gasteiger partial charge in [0.15, 0.2) is 0 Å². The van der Waals surface area contributed by atoms with Crippen molar-refractivity contribution in [1.29, 1.82) is 0 Å². The Bertz CT molecular complexity index is 268. The average Bonchev–Trinajstić information content (AvgIpc) is 2.07. The maximum absolute atomic E-state index is 10.6. The van der Waals surface area contributed by atoms with Crippen LogP contribution in [0.15, 0.2) is 24.3 Å². The summed E-state index contributed by atoms with van der Waals surface area (Å²) in [6.45, 7) is 1.95. The second kappa shape index (κ2) is 3.90. The molecular formula is C10H12O2. The van der Waals surface area contributed by atoms with Gasteiger partial charge in [-0.25, -0.2) is 0 Å². The Hall–Kier alpha value is -1.31. The van der Waals surface area contributed by atoms with Crippen LogP contribution in [0.4, 0.5) is 0 Å². The van der Waals surface area contributed by atoms with Crippen LogP contribution in [0.5, 0.6) is 5.75 Å². The van der Waals surface area contributed by atoms with Crippen molar-refractivity contribution in [2.45, 2.75) is 19.3 Å². The highest BCUT2D eigenvalue weighted by Crippen LogP contribution is 2.20. The smallest absolute Gasteiger partial charge is 0.127 e. The van der Waals surface area contributed by atoms with E-state index in [1.165, 1.54) is 0 Å². The predicted octanol–water partition coefficient (Wildman–Crippen LogP) is 2.08.